The highest BCUT2D eigenvalue weighted by molar-refractivity contribution is 7.80. The minimum absolute atomic E-state index is 0.360. The number of hydrazone groups is 1. The highest BCUT2D eigenvalue weighted by Crippen LogP contribution is 2.22. The van der Waals surface area contributed by atoms with E-state index in [4.69, 9.17) is 40.2 Å². The van der Waals surface area contributed by atoms with Gasteiger partial charge in [0.05, 0.1) is 6.21 Å². The summed E-state index contributed by atoms with van der Waals surface area (Å²) in [7, 11) is 0. The van der Waals surface area contributed by atoms with E-state index in [2.05, 4.69) is 15.8 Å². The minimum Gasteiger partial charge on any atom is -0.489 e. The van der Waals surface area contributed by atoms with Crippen molar-refractivity contribution in [2.45, 2.75) is 13.5 Å². The number of ether oxygens (including phenoxy) is 1. The molecule has 0 unspecified atom stereocenters. The first-order valence-corrected chi connectivity index (χ1v) is 8.48. The van der Waals surface area contributed by atoms with Crippen LogP contribution in [-0.4, -0.2) is 17.9 Å². The molecular weight excluding hydrogens is 365 g/mol. The fourth-order valence-corrected chi connectivity index (χ4v) is 2.51. The molecule has 0 radical (unpaired) electrons. The zero-order valence-electron chi connectivity index (χ0n) is 13.1. The maximum Gasteiger partial charge on any atom is 0.186 e. The number of halogens is 2. The Morgan fingerprint density at radius 2 is 2.08 bits per heavy atom. The number of benzene rings is 2. The number of nitrogens with one attached hydrogen (secondary N) is 2. The van der Waals surface area contributed by atoms with Gasteiger partial charge in [-0.05, 0) is 49.0 Å². The first-order valence-electron chi connectivity index (χ1n) is 7.32. The molecule has 0 bridgehead atoms. The van der Waals surface area contributed by atoms with Crippen LogP contribution in [0.15, 0.2) is 47.6 Å². The Balaban J connectivity index is 1.95. The van der Waals surface area contributed by atoms with Crippen molar-refractivity contribution >= 4 is 46.7 Å². The van der Waals surface area contributed by atoms with Gasteiger partial charge >= 0.3 is 0 Å². The summed E-state index contributed by atoms with van der Waals surface area (Å²) >= 11 is 17.1. The SMILES string of the molecule is CCNC(=S)NN=Cc1cccc(OCc2ccc(Cl)cc2Cl)c1. The standard InChI is InChI=1S/C17H17Cl2N3OS/c1-2-20-17(24)22-21-10-12-4-3-5-15(8-12)23-11-13-6-7-14(18)9-16(13)19/h3-10H,2,11H2,1H3,(H2,20,22,24). The summed E-state index contributed by atoms with van der Waals surface area (Å²) in [6, 6.07) is 12.9. The van der Waals surface area contributed by atoms with Gasteiger partial charge in [-0.3, -0.25) is 5.43 Å². The number of thiocarbonyl (C=S) groups is 1. The molecular formula is C17H17Cl2N3OS. The zero-order chi connectivity index (χ0) is 17.4. The molecule has 2 rings (SSSR count). The fourth-order valence-electron chi connectivity index (χ4n) is 1.85. The monoisotopic (exact) mass is 381 g/mol. The molecule has 0 aliphatic heterocycles. The number of rotatable bonds is 6. The molecule has 0 atom stereocenters. The van der Waals surface area contributed by atoms with Gasteiger partial charge < -0.3 is 10.1 Å². The van der Waals surface area contributed by atoms with E-state index >= 15 is 0 Å². The van der Waals surface area contributed by atoms with Gasteiger partial charge in [0, 0.05) is 22.2 Å². The van der Waals surface area contributed by atoms with Gasteiger partial charge in [0.1, 0.15) is 12.4 Å². The second-order valence-corrected chi connectivity index (χ2v) is 6.08. The van der Waals surface area contributed by atoms with Crippen molar-refractivity contribution in [3.8, 4) is 5.75 Å². The summed E-state index contributed by atoms with van der Waals surface area (Å²) in [5.41, 5.74) is 4.50. The van der Waals surface area contributed by atoms with Crippen molar-refractivity contribution in [1.82, 2.24) is 10.7 Å². The van der Waals surface area contributed by atoms with E-state index in [-0.39, 0.29) is 0 Å². The predicted molar refractivity (Wildman–Crippen MR) is 104 cm³/mol. The molecule has 4 nitrogen and oxygen atoms in total. The van der Waals surface area contributed by atoms with E-state index in [1.165, 1.54) is 0 Å². The molecule has 0 aromatic heterocycles. The molecule has 0 amide bonds. The van der Waals surface area contributed by atoms with Crippen LogP contribution in [0.4, 0.5) is 0 Å². The Bertz CT molecular complexity index is 738. The van der Waals surface area contributed by atoms with Gasteiger partial charge in [-0.25, -0.2) is 0 Å². The second kappa shape index (κ2) is 9.47. The summed E-state index contributed by atoms with van der Waals surface area (Å²) in [4.78, 5) is 0. The van der Waals surface area contributed by atoms with Crippen molar-refractivity contribution in [2.24, 2.45) is 5.10 Å². The van der Waals surface area contributed by atoms with Crippen LogP contribution in [0, 0.1) is 0 Å². The third-order valence-corrected chi connectivity index (χ3v) is 3.81. The Morgan fingerprint density at radius 1 is 1.25 bits per heavy atom. The maximum atomic E-state index is 6.14. The van der Waals surface area contributed by atoms with Crippen LogP contribution in [0.3, 0.4) is 0 Å². The Morgan fingerprint density at radius 3 is 2.83 bits per heavy atom. The summed E-state index contributed by atoms with van der Waals surface area (Å²) in [6.45, 7) is 3.07. The molecule has 0 saturated heterocycles. The van der Waals surface area contributed by atoms with E-state index in [9.17, 15) is 0 Å². The number of hydrogen-bond acceptors (Lipinski definition) is 3. The Labute approximate surface area is 156 Å². The smallest absolute Gasteiger partial charge is 0.186 e. The van der Waals surface area contributed by atoms with Gasteiger partial charge in [-0.15, -0.1) is 0 Å². The average Bonchev–Trinajstić information content (AvgIpc) is 2.55. The van der Waals surface area contributed by atoms with E-state index in [1.54, 1.807) is 18.3 Å². The van der Waals surface area contributed by atoms with Crippen molar-refractivity contribution in [3.63, 3.8) is 0 Å². The largest absolute Gasteiger partial charge is 0.489 e. The van der Waals surface area contributed by atoms with E-state index in [1.807, 2.05) is 37.3 Å². The predicted octanol–water partition coefficient (Wildman–Crippen LogP) is 4.39. The summed E-state index contributed by atoms with van der Waals surface area (Å²) in [5, 5.41) is 8.70. The van der Waals surface area contributed by atoms with Crippen LogP contribution in [0.5, 0.6) is 5.75 Å². The fraction of sp³-hybridized carbons (Fsp3) is 0.176. The Hall–Kier alpha value is -1.82. The topological polar surface area (TPSA) is 45.7 Å². The van der Waals surface area contributed by atoms with Gasteiger partial charge in [-0.1, -0.05) is 41.4 Å². The van der Waals surface area contributed by atoms with E-state index in [0.717, 1.165) is 23.4 Å². The van der Waals surface area contributed by atoms with Crippen molar-refractivity contribution in [2.75, 3.05) is 6.54 Å². The van der Waals surface area contributed by atoms with Crippen LogP contribution in [0.25, 0.3) is 0 Å². The number of nitrogens with zero attached hydrogens (tertiary/aromatic N) is 1. The average molecular weight is 382 g/mol. The molecule has 0 heterocycles. The van der Waals surface area contributed by atoms with Crippen LogP contribution >= 0.6 is 35.4 Å². The normalized spacial score (nSPS) is 10.6. The van der Waals surface area contributed by atoms with Gasteiger partial charge in [0.25, 0.3) is 0 Å². The lowest BCUT2D eigenvalue weighted by Crippen LogP contribution is -2.31. The summed E-state index contributed by atoms with van der Waals surface area (Å²) < 4.78 is 5.77. The van der Waals surface area contributed by atoms with Crippen LogP contribution < -0.4 is 15.5 Å². The lowest BCUT2D eigenvalue weighted by Gasteiger charge is -2.08. The van der Waals surface area contributed by atoms with E-state index < -0.39 is 0 Å². The summed E-state index contributed by atoms with van der Waals surface area (Å²) in [6.07, 6.45) is 1.67. The molecule has 7 heteroatoms. The number of hydrogen-bond donors (Lipinski definition) is 2. The third-order valence-electron chi connectivity index (χ3n) is 2.98. The quantitative estimate of drug-likeness (QED) is 0.442. The molecule has 0 spiro atoms. The molecule has 2 N–H and O–H groups in total. The molecule has 126 valence electrons. The molecule has 0 saturated carbocycles. The van der Waals surface area contributed by atoms with Gasteiger partial charge in [0.15, 0.2) is 5.11 Å². The molecule has 2 aromatic carbocycles. The molecule has 2 aromatic rings. The first-order chi connectivity index (χ1) is 11.6. The minimum atomic E-state index is 0.360. The van der Waals surface area contributed by atoms with Crippen LogP contribution in [-0.2, 0) is 6.61 Å². The maximum absolute atomic E-state index is 6.14. The van der Waals surface area contributed by atoms with Gasteiger partial charge in [-0.2, -0.15) is 5.10 Å². The molecule has 0 fully saturated rings. The van der Waals surface area contributed by atoms with Crippen molar-refractivity contribution in [1.29, 1.82) is 0 Å². The van der Waals surface area contributed by atoms with Crippen molar-refractivity contribution < 1.29 is 4.74 Å². The highest BCUT2D eigenvalue weighted by atomic mass is 35.5. The third kappa shape index (κ3) is 6.00. The zero-order valence-corrected chi connectivity index (χ0v) is 15.4. The molecule has 0 aliphatic rings. The first kappa shape index (κ1) is 18.5. The molecule has 24 heavy (non-hydrogen) atoms. The van der Waals surface area contributed by atoms with Crippen LogP contribution in [0.2, 0.25) is 10.0 Å². The lowest BCUT2D eigenvalue weighted by molar-refractivity contribution is 0.306. The second-order valence-electron chi connectivity index (χ2n) is 4.83. The highest BCUT2D eigenvalue weighted by Gasteiger charge is 2.03. The Kier molecular flexibility index (Phi) is 7.31. The lowest BCUT2D eigenvalue weighted by atomic mass is 10.2. The van der Waals surface area contributed by atoms with Crippen LogP contribution in [0.1, 0.15) is 18.1 Å². The van der Waals surface area contributed by atoms with Crippen molar-refractivity contribution in [3.05, 3.63) is 63.6 Å². The van der Waals surface area contributed by atoms with Gasteiger partial charge in [0.2, 0.25) is 0 Å². The van der Waals surface area contributed by atoms with E-state index in [0.29, 0.717) is 21.8 Å². The summed E-state index contributed by atoms with van der Waals surface area (Å²) in [5.74, 6) is 0.722. The molecule has 0 aliphatic carbocycles.